The van der Waals surface area contributed by atoms with Crippen LogP contribution in [0.5, 0.6) is 5.75 Å². The predicted octanol–water partition coefficient (Wildman–Crippen LogP) is 1.44. The first-order chi connectivity index (χ1) is 14.4. The molecule has 2 heterocycles. The molecule has 1 saturated heterocycles. The van der Waals surface area contributed by atoms with Crippen LogP contribution in [0.2, 0.25) is 0 Å². The fraction of sp³-hybridized carbons (Fsp3) is 0.429. The number of carbonyl (C=O) groups excluding carboxylic acids is 3. The van der Waals surface area contributed by atoms with Gasteiger partial charge in [-0.05, 0) is 37.5 Å². The third-order valence-electron chi connectivity index (χ3n) is 5.02. The lowest BCUT2D eigenvalue weighted by molar-refractivity contribution is -0.155. The zero-order valence-corrected chi connectivity index (χ0v) is 16.8. The number of fused-ring (bicyclic) bond motifs is 1. The Morgan fingerprint density at radius 1 is 1.13 bits per heavy atom. The summed E-state index contributed by atoms with van der Waals surface area (Å²) in [5.41, 5.74) is 0.670. The van der Waals surface area contributed by atoms with Crippen molar-refractivity contribution in [1.29, 1.82) is 0 Å². The Hall–Kier alpha value is -3.36. The van der Waals surface area contributed by atoms with E-state index < -0.39 is 18.2 Å². The minimum absolute atomic E-state index is 0.204. The molecular formula is C21H23NO8. The summed E-state index contributed by atoms with van der Waals surface area (Å²) in [5.74, 6) is -1.16. The molecule has 1 fully saturated rings. The number of hydrogen-bond acceptors (Lipinski definition) is 8. The number of aryl methyl sites for hydroxylation is 1. The van der Waals surface area contributed by atoms with Crippen molar-refractivity contribution in [2.75, 3.05) is 33.4 Å². The maximum atomic E-state index is 12.2. The van der Waals surface area contributed by atoms with Gasteiger partial charge in [0.15, 0.2) is 13.2 Å². The maximum Gasteiger partial charge on any atom is 0.344 e. The number of rotatable bonds is 6. The lowest BCUT2D eigenvalue weighted by atomic mass is 9.97. The first-order valence-corrected chi connectivity index (χ1v) is 9.56. The molecule has 1 aromatic carbocycles. The van der Waals surface area contributed by atoms with Crippen LogP contribution in [0.25, 0.3) is 11.0 Å². The molecule has 0 saturated carbocycles. The van der Waals surface area contributed by atoms with Crippen LogP contribution in [0.3, 0.4) is 0 Å². The van der Waals surface area contributed by atoms with Crippen molar-refractivity contribution in [2.24, 2.45) is 5.92 Å². The first kappa shape index (κ1) is 21.4. The normalized spacial score (nSPS) is 14.4. The second-order valence-corrected chi connectivity index (χ2v) is 7.03. The van der Waals surface area contributed by atoms with Crippen molar-refractivity contribution in [2.45, 2.75) is 19.8 Å². The average Bonchev–Trinajstić information content (AvgIpc) is 2.75. The zero-order valence-electron chi connectivity index (χ0n) is 16.8. The summed E-state index contributed by atoms with van der Waals surface area (Å²) in [7, 11) is 1.34. The van der Waals surface area contributed by atoms with Gasteiger partial charge in [-0.2, -0.15) is 0 Å². The Labute approximate surface area is 172 Å². The molecule has 0 unspecified atom stereocenters. The maximum absolute atomic E-state index is 12.2. The highest BCUT2D eigenvalue weighted by molar-refractivity contribution is 5.82. The van der Waals surface area contributed by atoms with Gasteiger partial charge in [-0.25, -0.2) is 9.59 Å². The third-order valence-corrected chi connectivity index (χ3v) is 5.02. The molecule has 0 radical (unpaired) electrons. The van der Waals surface area contributed by atoms with Crippen LogP contribution in [0.4, 0.5) is 0 Å². The van der Waals surface area contributed by atoms with Crippen molar-refractivity contribution in [3.8, 4) is 5.75 Å². The molecule has 0 spiro atoms. The summed E-state index contributed by atoms with van der Waals surface area (Å²) < 4.78 is 20.2. The van der Waals surface area contributed by atoms with Crippen molar-refractivity contribution < 1.29 is 33.0 Å². The molecule has 1 aromatic heterocycles. The summed E-state index contributed by atoms with van der Waals surface area (Å²) in [6.07, 6.45) is 1.04. The van der Waals surface area contributed by atoms with Crippen LogP contribution in [0, 0.1) is 12.8 Å². The van der Waals surface area contributed by atoms with Crippen molar-refractivity contribution in [1.82, 2.24) is 4.90 Å². The summed E-state index contributed by atoms with van der Waals surface area (Å²) in [6.45, 7) is 1.84. The van der Waals surface area contributed by atoms with Gasteiger partial charge in [0.2, 0.25) is 0 Å². The zero-order chi connectivity index (χ0) is 21.7. The molecule has 9 nitrogen and oxygen atoms in total. The molecule has 0 bridgehead atoms. The van der Waals surface area contributed by atoms with Gasteiger partial charge in [-0.3, -0.25) is 9.59 Å². The second-order valence-electron chi connectivity index (χ2n) is 7.03. The van der Waals surface area contributed by atoms with E-state index in [4.69, 9.17) is 18.6 Å². The Morgan fingerprint density at radius 2 is 1.87 bits per heavy atom. The van der Waals surface area contributed by atoms with Crippen molar-refractivity contribution >= 4 is 28.8 Å². The molecule has 160 valence electrons. The van der Waals surface area contributed by atoms with Crippen LogP contribution in [0.1, 0.15) is 18.4 Å². The Balaban J connectivity index is 1.45. The molecule has 1 amide bonds. The minimum Gasteiger partial charge on any atom is -0.482 e. The Bertz CT molecular complexity index is 1000. The third kappa shape index (κ3) is 5.16. The number of benzene rings is 1. The van der Waals surface area contributed by atoms with E-state index in [9.17, 15) is 19.2 Å². The quantitative estimate of drug-likeness (QED) is 0.513. The number of piperidine rings is 1. The number of nitrogens with zero attached hydrogens (tertiary/aromatic N) is 1. The number of likely N-dealkylation sites (tertiary alicyclic amines) is 1. The van der Waals surface area contributed by atoms with Gasteiger partial charge >= 0.3 is 17.6 Å². The standard InChI is InChI=1S/C21H23NO8/c1-13-9-19(24)30-17-10-15(3-4-16(13)17)28-12-20(25)29-11-18(23)22-7-5-14(6-8-22)21(26)27-2/h3-4,9-10,14H,5-8,11-12H2,1-2H3. The number of methoxy groups -OCH3 is 1. The van der Waals surface area contributed by atoms with E-state index >= 15 is 0 Å². The fourth-order valence-corrected chi connectivity index (χ4v) is 3.34. The highest BCUT2D eigenvalue weighted by atomic mass is 16.6. The summed E-state index contributed by atoms with van der Waals surface area (Å²) in [6, 6.07) is 6.30. The monoisotopic (exact) mass is 417 g/mol. The summed E-state index contributed by atoms with van der Waals surface area (Å²) in [5, 5.41) is 0.770. The number of ether oxygens (including phenoxy) is 3. The van der Waals surface area contributed by atoms with E-state index in [0.717, 1.165) is 10.9 Å². The van der Waals surface area contributed by atoms with Gasteiger partial charge in [0.05, 0.1) is 13.0 Å². The summed E-state index contributed by atoms with van der Waals surface area (Å²) >= 11 is 0. The molecule has 1 aliphatic rings. The SMILES string of the molecule is COC(=O)C1CCN(C(=O)COC(=O)COc2ccc3c(C)cc(=O)oc3c2)CC1. The molecular weight excluding hydrogens is 394 g/mol. The number of carbonyl (C=O) groups is 3. The van der Waals surface area contributed by atoms with E-state index in [1.807, 2.05) is 0 Å². The van der Waals surface area contributed by atoms with Gasteiger partial charge in [-0.1, -0.05) is 0 Å². The number of hydrogen-bond donors (Lipinski definition) is 0. The van der Waals surface area contributed by atoms with Crippen LogP contribution in [0.15, 0.2) is 33.5 Å². The van der Waals surface area contributed by atoms with Crippen molar-refractivity contribution in [3.05, 3.63) is 40.2 Å². The second kappa shape index (κ2) is 9.43. The highest BCUT2D eigenvalue weighted by Gasteiger charge is 2.28. The van der Waals surface area contributed by atoms with Crippen molar-refractivity contribution in [3.63, 3.8) is 0 Å². The number of amides is 1. The molecule has 9 heteroatoms. The van der Waals surface area contributed by atoms with E-state index in [0.29, 0.717) is 37.3 Å². The number of esters is 2. The summed E-state index contributed by atoms with van der Waals surface area (Å²) in [4.78, 5) is 48.7. The first-order valence-electron chi connectivity index (χ1n) is 9.56. The molecule has 1 aliphatic heterocycles. The van der Waals surface area contributed by atoms with Crippen LogP contribution in [-0.4, -0.2) is 56.2 Å². The van der Waals surface area contributed by atoms with Crippen LogP contribution < -0.4 is 10.4 Å². The van der Waals surface area contributed by atoms with E-state index in [2.05, 4.69) is 0 Å². The highest BCUT2D eigenvalue weighted by Crippen LogP contribution is 2.22. The smallest absolute Gasteiger partial charge is 0.344 e. The van der Waals surface area contributed by atoms with Gasteiger partial charge in [-0.15, -0.1) is 0 Å². The minimum atomic E-state index is -0.696. The molecule has 0 N–H and O–H groups in total. The van der Waals surface area contributed by atoms with Gasteiger partial charge in [0, 0.05) is 30.6 Å². The van der Waals surface area contributed by atoms with E-state index in [1.54, 1.807) is 24.0 Å². The lowest BCUT2D eigenvalue weighted by Gasteiger charge is -2.30. The fourth-order valence-electron chi connectivity index (χ4n) is 3.34. The average molecular weight is 417 g/mol. The molecule has 3 rings (SSSR count). The van der Waals surface area contributed by atoms with Crippen LogP contribution >= 0.6 is 0 Å². The van der Waals surface area contributed by atoms with Gasteiger partial charge < -0.3 is 23.5 Å². The molecule has 0 aliphatic carbocycles. The Kier molecular flexibility index (Phi) is 6.71. The topological polar surface area (TPSA) is 112 Å². The van der Waals surface area contributed by atoms with E-state index in [1.165, 1.54) is 19.2 Å². The molecule has 0 atom stereocenters. The van der Waals surface area contributed by atoms with Gasteiger partial charge in [0.1, 0.15) is 11.3 Å². The molecule has 2 aromatic rings. The predicted molar refractivity (Wildman–Crippen MR) is 105 cm³/mol. The molecule has 30 heavy (non-hydrogen) atoms. The van der Waals surface area contributed by atoms with Gasteiger partial charge in [0.25, 0.3) is 5.91 Å². The lowest BCUT2D eigenvalue weighted by Crippen LogP contribution is -2.42. The largest absolute Gasteiger partial charge is 0.482 e. The van der Waals surface area contributed by atoms with E-state index in [-0.39, 0.29) is 24.4 Å². The van der Waals surface area contributed by atoms with Crippen LogP contribution in [-0.2, 0) is 23.9 Å². The Morgan fingerprint density at radius 3 is 2.57 bits per heavy atom.